The number of rotatable bonds is 7. The Labute approximate surface area is 96.7 Å². The van der Waals surface area contributed by atoms with Crippen LogP contribution in [0.5, 0.6) is 0 Å². The van der Waals surface area contributed by atoms with Gasteiger partial charge in [0.1, 0.15) is 0 Å². The molecule has 0 amide bonds. The van der Waals surface area contributed by atoms with Gasteiger partial charge in [0.15, 0.2) is 0 Å². The molecule has 0 bridgehead atoms. The molecule has 1 aromatic carbocycles. The van der Waals surface area contributed by atoms with Crippen molar-refractivity contribution in [3.8, 4) is 0 Å². The molecule has 0 saturated heterocycles. The molecule has 3 nitrogen and oxygen atoms in total. The lowest BCUT2D eigenvalue weighted by atomic mass is 9.80. The van der Waals surface area contributed by atoms with Gasteiger partial charge in [0.05, 0.1) is 13.2 Å². The number of hydrogen-bond acceptors (Lipinski definition) is 3. The highest BCUT2D eigenvalue weighted by atomic mass is 16.5. The van der Waals surface area contributed by atoms with E-state index >= 15 is 0 Å². The van der Waals surface area contributed by atoms with Gasteiger partial charge >= 0.3 is 0 Å². The van der Waals surface area contributed by atoms with Gasteiger partial charge in [0, 0.05) is 19.1 Å². The van der Waals surface area contributed by atoms with Gasteiger partial charge in [-0.15, -0.1) is 0 Å². The van der Waals surface area contributed by atoms with E-state index in [9.17, 15) is 10.2 Å². The van der Waals surface area contributed by atoms with Gasteiger partial charge in [-0.05, 0) is 18.4 Å². The van der Waals surface area contributed by atoms with Crippen molar-refractivity contribution in [2.24, 2.45) is 5.41 Å². The maximum absolute atomic E-state index is 9.45. The largest absolute Gasteiger partial charge is 0.396 e. The van der Waals surface area contributed by atoms with E-state index < -0.39 is 5.41 Å². The van der Waals surface area contributed by atoms with Crippen molar-refractivity contribution in [3.63, 3.8) is 0 Å². The Morgan fingerprint density at radius 3 is 2.25 bits per heavy atom. The number of benzene rings is 1. The number of ether oxygens (including phenoxy) is 1. The lowest BCUT2D eigenvalue weighted by Gasteiger charge is -2.29. The highest BCUT2D eigenvalue weighted by Crippen LogP contribution is 2.26. The summed E-state index contributed by atoms with van der Waals surface area (Å²) < 4.78 is 5.02. The summed E-state index contributed by atoms with van der Waals surface area (Å²) in [5, 5.41) is 18.9. The zero-order valence-corrected chi connectivity index (χ0v) is 9.72. The second kappa shape index (κ2) is 6.63. The van der Waals surface area contributed by atoms with Crippen LogP contribution in [-0.2, 0) is 11.2 Å². The maximum atomic E-state index is 9.45. The minimum Gasteiger partial charge on any atom is -0.396 e. The first-order valence-corrected chi connectivity index (χ1v) is 5.51. The van der Waals surface area contributed by atoms with Gasteiger partial charge in [-0.2, -0.15) is 0 Å². The molecule has 0 spiro atoms. The van der Waals surface area contributed by atoms with Crippen molar-refractivity contribution >= 4 is 0 Å². The van der Waals surface area contributed by atoms with Crippen LogP contribution in [0.2, 0.25) is 0 Å². The van der Waals surface area contributed by atoms with Crippen LogP contribution >= 0.6 is 0 Å². The monoisotopic (exact) mass is 224 g/mol. The van der Waals surface area contributed by atoms with Crippen LogP contribution in [-0.4, -0.2) is 37.1 Å². The van der Waals surface area contributed by atoms with E-state index in [-0.39, 0.29) is 13.2 Å². The lowest BCUT2D eigenvalue weighted by molar-refractivity contribution is 0.0252. The van der Waals surface area contributed by atoms with Crippen molar-refractivity contribution in [1.82, 2.24) is 0 Å². The van der Waals surface area contributed by atoms with E-state index in [0.29, 0.717) is 19.4 Å². The van der Waals surface area contributed by atoms with Gasteiger partial charge in [-0.25, -0.2) is 0 Å². The Morgan fingerprint density at radius 1 is 1.12 bits per heavy atom. The van der Waals surface area contributed by atoms with Gasteiger partial charge in [0.25, 0.3) is 0 Å². The molecule has 0 aliphatic rings. The van der Waals surface area contributed by atoms with Crippen molar-refractivity contribution in [2.75, 3.05) is 26.9 Å². The molecule has 1 rings (SSSR count). The van der Waals surface area contributed by atoms with Crippen molar-refractivity contribution in [2.45, 2.75) is 12.8 Å². The molecular formula is C13H20O3. The molecule has 0 atom stereocenters. The fourth-order valence-corrected chi connectivity index (χ4v) is 1.76. The van der Waals surface area contributed by atoms with Crippen LogP contribution in [0.1, 0.15) is 12.0 Å². The Hall–Kier alpha value is -0.900. The SMILES string of the molecule is COCCC(CO)(CO)Cc1ccccc1. The van der Waals surface area contributed by atoms with Crippen LogP contribution in [0.15, 0.2) is 30.3 Å². The van der Waals surface area contributed by atoms with Gasteiger partial charge in [-0.3, -0.25) is 0 Å². The van der Waals surface area contributed by atoms with Crippen LogP contribution in [0, 0.1) is 5.41 Å². The predicted molar refractivity (Wildman–Crippen MR) is 63.2 cm³/mol. The lowest BCUT2D eigenvalue weighted by Crippen LogP contribution is -2.33. The van der Waals surface area contributed by atoms with Gasteiger partial charge in [-0.1, -0.05) is 30.3 Å². The molecule has 2 N–H and O–H groups in total. The van der Waals surface area contributed by atoms with E-state index in [0.717, 1.165) is 5.56 Å². The zero-order chi connectivity index (χ0) is 11.9. The minimum absolute atomic E-state index is 0.0260. The molecule has 0 radical (unpaired) electrons. The summed E-state index contributed by atoms with van der Waals surface area (Å²) in [6.07, 6.45) is 1.33. The average molecular weight is 224 g/mol. The third kappa shape index (κ3) is 3.59. The smallest absolute Gasteiger partial charge is 0.0513 e. The van der Waals surface area contributed by atoms with E-state index in [4.69, 9.17) is 4.74 Å². The van der Waals surface area contributed by atoms with Crippen LogP contribution < -0.4 is 0 Å². The first kappa shape index (κ1) is 13.2. The van der Waals surface area contributed by atoms with Crippen molar-refractivity contribution < 1.29 is 14.9 Å². The normalized spacial score (nSPS) is 11.7. The Kier molecular flexibility index (Phi) is 5.46. The summed E-state index contributed by atoms with van der Waals surface area (Å²) in [5.74, 6) is 0. The molecule has 1 aromatic rings. The molecule has 0 saturated carbocycles. The molecule has 3 heteroatoms. The van der Waals surface area contributed by atoms with Gasteiger partial charge < -0.3 is 14.9 Å². The average Bonchev–Trinajstić information content (AvgIpc) is 2.36. The molecular weight excluding hydrogens is 204 g/mol. The Balaban J connectivity index is 2.70. The highest BCUT2D eigenvalue weighted by Gasteiger charge is 2.28. The number of methoxy groups -OCH3 is 1. The van der Waals surface area contributed by atoms with E-state index in [1.807, 2.05) is 30.3 Å². The maximum Gasteiger partial charge on any atom is 0.0513 e. The standard InChI is InChI=1S/C13H20O3/c1-16-8-7-13(10-14,11-15)9-12-5-3-2-4-6-12/h2-6,14-15H,7-11H2,1H3. The topological polar surface area (TPSA) is 49.7 Å². The summed E-state index contributed by atoms with van der Waals surface area (Å²) in [6.45, 7) is 0.497. The summed E-state index contributed by atoms with van der Waals surface area (Å²) in [7, 11) is 1.63. The van der Waals surface area contributed by atoms with E-state index in [2.05, 4.69) is 0 Å². The fraction of sp³-hybridized carbons (Fsp3) is 0.538. The molecule has 0 fully saturated rings. The summed E-state index contributed by atoms with van der Waals surface area (Å²) in [6, 6.07) is 9.90. The summed E-state index contributed by atoms with van der Waals surface area (Å²) >= 11 is 0. The summed E-state index contributed by atoms with van der Waals surface area (Å²) in [4.78, 5) is 0. The first-order chi connectivity index (χ1) is 7.76. The molecule has 0 heterocycles. The zero-order valence-electron chi connectivity index (χ0n) is 9.72. The highest BCUT2D eigenvalue weighted by molar-refractivity contribution is 5.16. The fourth-order valence-electron chi connectivity index (χ4n) is 1.76. The molecule has 0 aliphatic carbocycles. The molecule has 0 unspecified atom stereocenters. The van der Waals surface area contributed by atoms with Crippen LogP contribution in [0.25, 0.3) is 0 Å². The second-order valence-corrected chi connectivity index (χ2v) is 4.22. The minimum atomic E-state index is -0.475. The van der Waals surface area contributed by atoms with Gasteiger partial charge in [0.2, 0.25) is 0 Å². The number of hydrogen-bond donors (Lipinski definition) is 2. The predicted octanol–water partition coefficient (Wildman–Crippen LogP) is 1.24. The van der Waals surface area contributed by atoms with Crippen LogP contribution in [0.4, 0.5) is 0 Å². The van der Waals surface area contributed by atoms with Crippen molar-refractivity contribution in [3.05, 3.63) is 35.9 Å². The molecule has 0 aliphatic heterocycles. The summed E-state index contributed by atoms with van der Waals surface area (Å²) in [5.41, 5.74) is 0.652. The molecule has 0 aromatic heterocycles. The van der Waals surface area contributed by atoms with E-state index in [1.54, 1.807) is 7.11 Å². The second-order valence-electron chi connectivity index (χ2n) is 4.22. The number of aliphatic hydroxyl groups is 2. The third-order valence-electron chi connectivity index (χ3n) is 2.93. The molecule has 16 heavy (non-hydrogen) atoms. The van der Waals surface area contributed by atoms with Crippen LogP contribution in [0.3, 0.4) is 0 Å². The van der Waals surface area contributed by atoms with Crippen molar-refractivity contribution in [1.29, 1.82) is 0 Å². The Morgan fingerprint density at radius 2 is 1.75 bits per heavy atom. The third-order valence-corrected chi connectivity index (χ3v) is 2.93. The first-order valence-electron chi connectivity index (χ1n) is 5.51. The Bertz CT molecular complexity index is 280. The molecule has 90 valence electrons. The van der Waals surface area contributed by atoms with E-state index in [1.165, 1.54) is 0 Å². The quantitative estimate of drug-likeness (QED) is 0.732. The number of aliphatic hydroxyl groups excluding tert-OH is 2.